The number of hydrogen-bond donors (Lipinski definition) is 1. The Balaban J connectivity index is 1.73. The van der Waals surface area contributed by atoms with Crippen LogP contribution in [0.2, 0.25) is 0 Å². The Hall–Kier alpha value is -2.51. The smallest absolute Gasteiger partial charge is 0.211 e. The Bertz CT molecular complexity index is 1040. The van der Waals surface area contributed by atoms with E-state index in [-0.39, 0.29) is 5.88 Å². The molecule has 1 N–H and O–H groups in total. The number of aromatic nitrogens is 1. The van der Waals surface area contributed by atoms with Gasteiger partial charge in [0.2, 0.25) is 5.88 Å². The molecule has 2 aromatic heterocycles. The molecule has 23 heavy (non-hydrogen) atoms. The van der Waals surface area contributed by atoms with Crippen molar-refractivity contribution in [3.63, 3.8) is 0 Å². The highest BCUT2D eigenvalue weighted by Gasteiger charge is 2.13. The monoisotopic (exact) mass is 341 g/mol. The van der Waals surface area contributed by atoms with Gasteiger partial charge >= 0.3 is 0 Å². The molecule has 0 fully saturated rings. The van der Waals surface area contributed by atoms with Crippen molar-refractivity contribution < 1.29 is 9.52 Å². The van der Waals surface area contributed by atoms with Gasteiger partial charge in [-0.15, -0.1) is 11.3 Å². The Labute approximate surface area is 140 Å². The van der Waals surface area contributed by atoms with Crippen LogP contribution in [0.1, 0.15) is 10.6 Å². The van der Waals surface area contributed by atoms with Gasteiger partial charge in [0, 0.05) is 6.08 Å². The van der Waals surface area contributed by atoms with Crippen LogP contribution in [-0.2, 0) is 6.54 Å². The number of aromatic hydroxyl groups is 1. The predicted molar refractivity (Wildman–Crippen MR) is 89.3 cm³/mol. The zero-order valence-corrected chi connectivity index (χ0v) is 13.5. The number of fused-ring (bicyclic) bond motifs is 1. The van der Waals surface area contributed by atoms with E-state index in [0.717, 1.165) is 16.5 Å². The van der Waals surface area contributed by atoms with Crippen molar-refractivity contribution >= 4 is 29.6 Å². The minimum Gasteiger partial charge on any atom is -0.493 e. The van der Waals surface area contributed by atoms with Crippen molar-refractivity contribution in [2.75, 3.05) is 0 Å². The normalized spacial score (nSPS) is 12.6. The van der Waals surface area contributed by atoms with Crippen LogP contribution in [0, 0.1) is 3.95 Å². The molecule has 3 heterocycles. The molecule has 0 bridgehead atoms. The highest BCUT2D eigenvalue weighted by Crippen LogP contribution is 2.29. The summed E-state index contributed by atoms with van der Waals surface area (Å²) in [6, 6.07) is 11.3. The second kappa shape index (κ2) is 5.60. The Morgan fingerprint density at radius 1 is 1.17 bits per heavy atom. The third-order valence-electron chi connectivity index (χ3n) is 3.40. The van der Waals surface area contributed by atoms with Crippen LogP contribution in [0.5, 0.6) is 5.88 Å². The fourth-order valence-electron chi connectivity index (χ4n) is 2.31. The van der Waals surface area contributed by atoms with Crippen LogP contribution in [-0.4, -0.2) is 9.67 Å². The minimum atomic E-state index is 0.102. The zero-order valence-electron chi connectivity index (χ0n) is 11.8. The number of nitrogens with zero attached hydrogens (tertiary/aromatic N) is 3. The molecule has 114 valence electrons. The van der Waals surface area contributed by atoms with E-state index in [1.165, 1.54) is 11.3 Å². The highest BCUT2D eigenvalue weighted by molar-refractivity contribution is 7.73. The molecule has 0 unspecified atom stereocenters. The summed E-state index contributed by atoms with van der Waals surface area (Å²) in [5.41, 5.74) is 0. The number of benzene rings is 1. The third-order valence-corrected chi connectivity index (χ3v) is 4.79. The van der Waals surface area contributed by atoms with Crippen LogP contribution in [0.4, 0.5) is 0 Å². The molecule has 7 heteroatoms. The third kappa shape index (κ3) is 2.64. The Kier molecular flexibility index (Phi) is 3.44. The van der Waals surface area contributed by atoms with E-state index < -0.39 is 0 Å². The molecular weight excluding hydrogens is 330 g/mol. The summed E-state index contributed by atoms with van der Waals surface area (Å²) in [6.07, 6.45) is 3.34. The average molecular weight is 341 g/mol. The first-order chi connectivity index (χ1) is 11.2. The molecule has 1 aliphatic rings. The van der Waals surface area contributed by atoms with E-state index in [1.54, 1.807) is 23.0 Å². The van der Waals surface area contributed by atoms with Gasteiger partial charge in [0.05, 0.1) is 28.4 Å². The summed E-state index contributed by atoms with van der Waals surface area (Å²) in [6.45, 7) is 0.395. The van der Waals surface area contributed by atoms with Crippen molar-refractivity contribution in [3.05, 3.63) is 73.8 Å². The van der Waals surface area contributed by atoms with Gasteiger partial charge in [-0.05, 0) is 36.5 Å². The maximum Gasteiger partial charge on any atom is 0.211 e. The Morgan fingerprint density at radius 2 is 1.91 bits per heavy atom. The molecule has 0 saturated carbocycles. The SMILES string of the molecule is Oc1c(C=C2N=c3ccccc3=N2)sc(=S)n1Cc1ccco1. The van der Waals surface area contributed by atoms with E-state index in [9.17, 15) is 5.11 Å². The van der Waals surface area contributed by atoms with Gasteiger partial charge in [0.25, 0.3) is 0 Å². The molecule has 1 aromatic carbocycles. The molecule has 0 amide bonds. The maximum absolute atomic E-state index is 10.4. The quantitative estimate of drug-likeness (QED) is 0.745. The number of thiazole rings is 1. The van der Waals surface area contributed by atoms with E-state index in [1.807, 2.05) is 30.3 Å². The molecule has 5 nitrogen and oxygen atoms in total. The summed E-state index contributed by atoms with van der Waals surface area (Å²) in [5, 5.41) is 12.1. The predicted octanol–water partition coefficient (Wildman–Crippen LogP) is 2.88. The number of furan rings is 1. The summed E-state index contributed by atoms with van der Waals surface area (Å²) in [7, 11) is 0. The Morgan fingerprint density at radius 3 is 2.57 bits per heavy atom. The standard InChI is InChI=1S/C16H11N3O2S2/c20-15-13(8-14-17-11-5-1-2-6-12(11)18-14)23-16(22)19(15)9-10-4-3-7-21-10/h1-8,20H,9H2. The molecule has 0 spiro atoms. The van der Waals surface area contributed by atoms with Crippen molar-refractivity contribution in [2.45, 2.75) is 6.54 Å². The molecule has 0 aliphatic carbocycles. The van der Waals surface area contributed by atoms with Crippen molar-refractivity contribution in [1.82, 2.24) is 4.57 Å². The number of para-hydroxylation sites is 2. The highest BCUT2D eigenvalue weighted by atomic mass is 32.1. The molecule has 0 saturated heterocycles. The van der Waals surface area contributed by atoms with Crippen LogP contribution < -0.4 is 10.7 Å². The molecule has 0 radical (unpaired) electrons. The van der Waals surface area contributed by atoms with Crippen molar-refractivity contribution in [3.8, 4) is 5.88 Å². The van der Waals surface area contributed by atoms with Gasteiger partial charge in [-0.2, -0.15) is 0 Å². The van der Waals surface area contributed by atoms with Gasteiger partial charge in [0.15, 0.2) is 9.78 Å². The van der Waals surface area contributed by atoms with Crippen LogP contribution >= 0.6 is 23.6 Å². The fourth-order valence-corrected chi connectivity index (χ4v) is 3.55. The van der Waals surface area contributed by atoms with Crippen LogP contribution in [0.15, 0.2) is 62.9 Å². The molecule has 1 aliphatic heterocycles. The number of rotatable bonds is 3. The second-order valence-corrected chi connectivity index (χ2v) is 6.61. The lowest BCUT2D eigenvalue weighted by Gasteiger charge is -2.01. The second-order valence-electron chi connectivity index (χ2n) is 4.94. The minimum absolute atomic E-state index is 0.102. The van der Waals surface area contributed by atoms with E-state index >= 15 is 0 Å². The molecule has 4 rings (SSSR count). The lowest BCUT2D eigenvalue weighted by molar-refractivity contribution is 0.406. The summed E-state index contributed by atoms with van der Waals surface area (Å²) in [4.78, 5) is 9.50. The van der Waals surface area contributed by atoms with Gasteiger partial charge in [-0.25, -0.2) is 9.98 Å². The van der Waals surface area contributed by atoms with Crippen LogP contribution in [0.25, 0.3) is 6.08 Å². The average Bonchev–Trinajstić information content (AvgIpc) is 3.24. The fraction of sp³-hybridized carbons (Fsp3) is 0.0625. The van der Waals surface area contributed by atoms with Gasteiger partial charge in [-0.1, -0.05) is 12.1 Å². The van der Waals surface area contributed by atoms with Crippen molar-refractivity contribution in [1.29, 1.82) is 0 Å². The van der Waals surface area contributed by atoms with E-state index in [2.05, 4.69) is 9.98 Å². The maximum atomic E-state index is 10.4. The molecular formula is C16H11N3O2S2. The van der Waals surface area contributed by atoms with Gasteiger partial charge in [0.1, 0.15) is 5.76 Å². The lowest BCUT2D eigenvalue weighted by Crippen LogP contribution is -2.19. The number of hydrogen-bond acceptors (Lipinski definition) is 6. The first-order valence-electron chi connectivity index (χ1n) is 6.90. The van der Waals surface area contributed by atoms with E-state index in [0.29, 0.717) is 21.2 Å². The lowest BCUT2D eigenvalue weighted by atomic mass is 10.3. The first kappa shape index (κ1) is 14.1. The van der Waals surface area contributed by atoms with Crippen molar-refractivity contribution in [2.24, 2.45) is 9.98 Å². The van der Waals surface area contributed by atoms with Crippen LogP contribution in [0.3, 0.4) is 0 Å². The van der Waals surface area contributed by atoms with E-state index in [4.69, 9.17) is 16.6 Å². The topological polar surface area (TPSA) is 63.0 Å². The molecule has 3 aromatic rings. The largest absolute Gasteiger partial charge is 0.493 e. The summed E-state index contributed by atoms with van der Waals surface area (Å²) < 4.78 is 7.51. The molecule has 0 atom stereocenters. The van der Waals surface area contributed by atoms with Gasteiger partial charge in [-0.3, -0.25) is 4.57 Å². The summed E-state index contributed by atoms with van der Waals surface area (Å²) >= 11 is 6.65. The van der Waals surface area contributed by atoms with Gasteiger partial charge < -0.3 is 9.52 Å². The summed E-state index contributed by atoms with van der Waals surface area (Å²) in [5.74, 6) is 1.39. The zero-order chi connectivity index (χ0) is 15.8. The first-order valence-corrected chi connectivity index (χ1v) is 8.12.